The molecule has 2 aliphatic rings. The molecule has 134 valence electrons. The molecule has 2 heterocycles. The predicted molar refractivity (Wildman–Crippen MR) is 95.0 cm³/mol. The molecular weight excluding hydrogens is 302 g/mol. The average Bonchev–Trinajstić information content (AvgIpc) is 2.63. The minimum atomic E-state index is 0.440. The van der Waals surface area contributed by atoms with Gasteiger partial charge in [0.1, 0.15) is 0 Å². The SMILES string of the molecule is COCC1COCCC12CCN(CCOCc1ccccc1)CC2. The van der Waals surface area contributed by atoms with E-state index in [2.05, 4.69) is 29.2 Å². The highest BCUT2D eigenvalue weighted by Gasteiger charge is 2.43. The van der Waals surface area contributed by atoms with Crippen LogP contribution in [0.5, 0.6) is 0 Å². The van der Waals surface area contributed by atoms with Gasteiger partial charge in [-0.15, -0.1) is 0 Å². The van der Waals surface area contributed by atoms with E-state index in [1.54, 1.807) is 0 Å². The number of hydrogen-bond donors (Lipinski definition) is 0. The summed E-state index contributed by atoms with van der Waals surface area (Å²) in [7, 11) is 1.81. The highest BCUT2D eigenvalue weighted by atomic mass is 16.5. The fraction of sp³-hybridized carbons (Fsp3) is 0.700. The molecule has 0 bridgehead atoms. The van der Waals surface area contributed by atoms with E-state index in [1.807, 2.05) is 13.2 Å². The van der Waals surface area contributed by atoms with Gasteiger partial charge in [0.05, 0.1) is 26.4 Å². The van der Waals surface area contributed by atoms with Crippen molar-refractivity contribution in [1.29, 1.82) is 0 Å². The maximum absolute atomic E-state index is 5.84. The van der Waals surface area contributed by atoms with Gasteiger partial charge in [-0.1, -0.05) is 30.3 Å². The molecule has 3 rings (SSSR count). The van der Waals surface area contributed by atoms with Crippen LogP contribution in [0.25, 0.3) is 0 Å². The third-order valence-corrected chi connectivity index (χ3v) is 5.81. The van der Waals surface area contributed by atoms with Gasteiger partial charge >= 0.3 is 0 Å². The smallest absolute Gasteiger partial charge is 0.0717 e. The van der Waals surface area contributed by atoms with Crippen LogP contribution in [0, 0.1) is 11.3 Å². The van der Waals surface area contributed by atoms with Crippen LogP contribution >= 0.6 is 0 Å². The van der Waals surface area contributed by atoms with Gasteiger partial charge in [-0.25, -0.2) is 0 Å². The fourth-order valence-corrected chi connectivity index (χ4v) is 4.15. The van der Waals surface area contributed by atoms with Crippen molar-refractivity contribution in [1.82, 2.24) is 4.90 Å². The lowest BCUT2D eigenvalue weighted by atomic mass is 9.66. The molecule has 0 saturated carbocycles. The maximum Gasteiger partial charge on any atom is 0.0717 e. The number of likely N-dealkylation sites (tertiary alicyclic amines) is 1. The van der Waals surface area contributed by atoms with Gasteiger partial charge in [0, 0.05) is 26.2 Å². The number of methoxy groups -OCH3 is 1. The van der Waals surface area contributed by atoms with Gasteiger partial charge in [-0.3, -0.25) is 0 Å². The highest BCUT2D eigenvalue weighted by Crippen LogP contribution is 2.44. The quantitative estimate of drug-likeness (QED) is 0.718. The summed E-state index contributed by atoms with van der Waals surface area (Å²) in [6, 6.07) is 10.4. The number of piperidine rings is 1. The van der Waals surface area contributed by atoms with Crippen LogP contribution in [-0.2, 0) is 20.8 Å². The summed E-state index contributed by atoms with van der Waals surface area (Å²) < 4.78 is 17.0. The van der Waals surface area contributed by atoms with Crippen LogP contribution in [0.15, 0.2) is 30.3 Å². The molecule has 2 fully saturated rings. The van der Waals surface area contributed by atoms with Crippen molar-refractivity contribution in [3.8, 4) is 0 Å². The van der Waals surface area contributed by atoms with E-state index in [9.17, 15) is 0 Å². The Hall–Kier alpha value is -0.940. The van der Waals surface area contributed by atoms with Gasteiger partial charge in [0.2, 0.25) is 0 Å². The van der Waals surface area contributed by atoms with Crippen LogP contribution in [0.2, 0.25) is 0 Å². The number of rotatable bonds is 7. The van der Waals surface area contributed by atoms with Gasteiger partial charge in [-0.2, -0.15) is 0 Å². The van der Waals surface area contributed by atoms with Crippen LogP contribution in [0.1, 0.15) is 24.8 Å². The van der Waals surface area contributed by atoms with E-state index in [1.165, 1.54) is 37.9 Å². The summed E-state index contributed by atoms with van der Waals surface area (Å²) in [5.74, 6) is 0.563. The first-order valence-corrected chi connectivity index (χ1v) is 9.23. The molecule has 4 heteroatoms. The summed E-state index contributed by atoms with van der Waals surface area (Å²) in [5.41, 5.74) is 1.69. The summed E-state index contributed by atoms with van der Waals surface area (Å²) in [6.45, 7) is 7.53. The Morgan fingerprint density at radius 3 is 2.71 bits per heavy atom. The maximum atomic E-state index is 5.84. The lowest BCUT2D eigenvalue weighted by Gasteiger charge is -2.49. The predicted octanol–water partition coefficient (Wildman–Crippen LogP) is 2.97. The minimum Gasteiger partial charge on any atom is -0.384 e. The van der Waals surface area contributed by atoms with E-state index in [0.29, 0.717) is 17.9 Å². The molecule has 0 amide bonds. The van der Waals surface area contributed by atoms with Crippen molar-refractivity contribution in [2.45, 2.75) is 25.9 Å². The molecule has 0 aliphatic carbocycles. The molecule has 1 unspecified atom stereocenters. The van der Waals surface area contributed by atoms with Crippen molar-refractivity contribution in [2.75, 3.05) is 53.2 Å². The number of ether oxygens (including phenoxy) is 3. The second-order valence-corrected chi connectivity index (χ2v) is 7.22. The Morgan fingerprint density at radius 2 is 1.96 bits per heavy atom. The standard InChI is InChI=1S/C20H31NO3/c1-22-16-19-17-23-13-9-20(19)7-10-21(11-8-20)12-14-24-15-18-5-3-2-4-6-18/h2-6,19H,7-17H2,1H3. The molecule has 1 atom stereocenters. The van der Waals surface area contributed by atoms with Crippen molar-refractivity contribution < 1.29 is 14.2 Å². The average molecular weight is 333 g/mol. The van der Waals surface area contributed by atoms with Gasteiger partial charge in [0.25, 0.3) is 0 Å². The lowest BCUT2D eigenvalue weighted by molar-refractivity contribution is -0.0957. The van der Waals surface area contributed by atoms with Crippen LogP contribution < -0.4 is 0 Å². The van der Waals surface area contributed by atoms with Gasteiger partial charge < -0.3 is 19.1 Å². The zero-order valence-corrected chi connectivity index (χ0v) is 14.9. The summed E-state index contributed by atoms with van der Waals surface area (Å²) in [4.78, 5) is 2.55. The highest BCUT2D eigenvalue weighted by molar-refractivity contribution is 5.13. The van der Waals surface area contributed by atoms with Crippen molar-refractivity contribution >= 4 is 0 Å². The number of benzene rings is 1. The summed E-state index contributed by atoms with van der Waals surface area (Å²) >= 11 is 0. The minimum absolute atomic E-state index is 0.440. The summed E-state index contributed by atoms with van der Waals surface area (Å²) in [6.07, 6.45) is 3.73. The molecular formula is C20H31NO3. The molecule has 1 aromatic carbocycles. The van der Waals surface area contributed by atoms with E-state index in [-0.39, 0.29) is 0 Å². The Bertz CT molecular complexity index is 469. The number of nitrogens with zero attached hydrogens (tertiary/aromatic N) is 1. The molecule has 2 saturated heterocycles. The molecule has 1 aromatic rings. The van der Waals surface area contributed by atoms with E-state index in [0.717, 1.165) is 33.0 Å². The van der Waals surface area contributed by atoms with Crippen molar-refractivity contribution in [2.24, 2.45) is 11.3 Å². The molecule has 24 heavy (non-hydrogen) atoms. The first kappa shape index (κ1) is 17.9. The molecule has 2 aliphatic heterocycles. The van der Waals surface area contributed by atoms with E-state index < -0.39 is 0 Å². The first-order valence-electron chi connectivity index (χ1n) is 9.23. The third-order valence-electron chi connectivity index (χ3n) is 5.81. The Kier molecular flexibility index (Phi) is 6.67. The second kappa shape index (κ2) is 8.95. The number of hydrogen-bond acceptors (Lipinski definition) is 4. The third kappa shape index (κ3) is 4.57. The Labute approximate surface area is 146 Å². The Morgan fingerprint density at radius 1 is 1.17 bits per heavy atom. The van der Waals surface area contributed by atoms with Crippen LogP contribution in [0.4, 0.5) is 0 Å². The molecule has 0 aromatic heterocycles. The zero-order valence-electron chi connectivity index (χ0n) is 14.9. The Balaban J connectivity index is 1.38. The summed E-state index contributed by atoms with van der Waals surface area (Å²) in [5, 5.41) is 0. The monoisotopic (exact) mass is 333 g/mol. The van der Waals surface area contributed by atoms with Crippen molar-refractivity contribution in [3.63, 3.8) is 0 Å². The van der Waals surface area contributed by atoms with Gasteiger partial charge in [0.15, 0.2) is 0 Å². The van der Waals surface area contributed by atoms with E-state index >= 15 is 0 Å². The van der Waals surface area contributed by atoms with Crippen molar-refractivity contribution in [3.05, 3.63) is 35.9 Å². The molecule has 1 spiro atoms. The lowest BCUT2D eigenvalue weighted by Crippen LogP contribution is -2.49. The zero-order chi connectivity index (χ0) is 16.7. The molecule has 4 nitrogen and oxygen atoms in total. The fourth-order valence-electron chi connectivity index (χ4n) is 4.15. The first-order chi connectivity index (χ1) is 11.8. The van der Waals surface area contributed by atoms with Crippen LogP contribution in [0.3, 0.4) is 0 Å². The van der Waals surface area contributed by atoms with E-state index in [4.69, 9.17) is 14.2 Å². The van der Waals surface area contributed by atoms with Gasteiger partial charge in [-0.05, 0) is 43.3 Å². The normalized spacial score (nSPS) is 24.3. The molecule has 0 radical (unpaired) electrons. The second-order valence-electron chi connectivity index (χ2n) is 7.22. The topological polar surface area (TPSA) is 30.9 Å². The molecule has 0 N–H and O–H groups in total. The van der Waals surface area contributed by atoms with Crippen LogP contribution in [-0.4, -0.2) is 58.1 Å². The largest absolute Gasteiger partial charge is 0.384 e.